The van der Waals surface area contributed by atoms with Gasteiger partial charge in [0, 0.05) is 12.6 Å². The third-order valence-electron chi connectivity index (χ3n) is 2.01. The minimum Gasteiger partial charge on any atom is -0.336 e. The number of rotatable bonds is 3. The van der Waals surface area contributed by atoms with E-state index in [1.807, 2.05) is 25.5 Å². The molecule has 1 aromatic rings. The lowest BCUT2D eigenvalue weighted by Gasteiger charge is -2.18. The summed E-state index contributed by atoms with van der Waals surface area (Å²) in [7, 11) is 1.94. The fourth-order valence-corrected chi connectivity index (χ4v) is 1.42. The van der Waals surface area contributed by atoms with Gasteiger partial charge in [-0.15, -0.1) is 0 Å². The fourth-order valence-electron chi connectivity index (χ4n) is 1.15. The highest BCUT2D eigenvalue weighted by atomic mass is 35.5. The Hall–Kier alpha value is -0.540. The number of hydrogen-bond donors (Lipinski definition) is 1. The van der Waals surface area contributed by atoms with Crippen molar-refractivity contribution < 1.29 is 0 Å². The summed E-state index contributed by atoms with van der Waals surface area (Å²) >= 11 is 5.90. The second-order valence-electron chi connectivity index (χ2n) is 4.08. The van der Waals surface area contributed by atoms with Gasteiger partial charge in [-0.3, -0.25) is 0 Å². The molecule has 13 heavy (non-hydrogen) atoms. The van der Waals surface area contributed by atoms with Gasteiger partial charge in [0.2, 0.25) is 0 Å². The van der Waals surface area contributed by atoms with Crippen LogP contribution in [0.25, 0.3) is 0 Å². The first-order chi connectivity index (χ1) is 5.90. The molecule has 0 radical (unpaired) electrons. The molecule has 0 amide bonds. The van der Waals surface area contributed by atoms with E-state index in [2.05, 4.69) is 4.98 Å². The first-order valence-corrected chi connectivity index (χ1v) is 4.72. The van der Waals surface area contributed by atoms with Crippen LogP contribution in [0.2, 0.25) is 5.15 Å². The van der Waals surface area contributed by atoms with Crippen molar-refractivity contribution in [1.29, 1.82) is 0 Å². The number of nitrogens with two attached hydrogens (primary N) is 1. The predicted molar refractivity (Wildman–Crippen MR) is 54.8 cm³/mol. The summed E-state index contributed by atoms with van der Waals surface area (Å²) in [5, 5.41) is 0.590. The molecule has 0 fully saturated rings. The van der Waals surface area contributed by atoms with Crippen molar-refractivity contribution in [3.05, 3.63) is 17.2 Å². The van der Waals surface area contributed by atoms with Gasteiger partial charge in [0.05, 0.1) is 12.0 Å². The van der Waals surface area contributed by atoms with Crippen LogP contribution in [-0.4, -0.2) is 15.1 Å². The minimum absolute atomic E-state index is 0.145. The third kappa shape index (κ3) is 3.01. The normalized spacial score (nSPS) is 12.1. The maximum atomic E-state index is 5.90. The molecule has 0 saturated heterocycles. The largest absolute Gasteiger partial charge is 0.336 e. The zero-order chi connectivity index (χ0) is 10.1. The smallest absolute Gasteiger partial charge is 0.150 e. The number of imidazole rings is 1. The summed E-state index contributed by atoms with van der Waals surface area (Å²) in [4.78, 5) is 4.00. The van der Waals surface area contributed by atoms with Crippen LogP contribution in [0, 0.1) is 0 Å². The van der Waals surface area contributed by atoms with Gasteiger partial charge >= 0.3 is 0 Å². The quantitative estimate of drug-likeness (QED) is 0.810. The third-order valence-corrected chi connectivity index (χ3v) is 2.33. The van der Waals surface area contributed by atoms with E-state index in [1.165, 1.54) is 0 Å². The van der Waals surface area contributed by atoms with E-state index in [0.717, 1.165) is 18.5 Å². The average molecular weight is 202 g/mol. The van der Waals surface area contributed by atoms with Crippen LogP contribution < -0.4 is 5.73 Å². The van der Waals surface area contributed by atoms with Gasteiger partial charge in [-0.2, -0.15) is 0 Å². The van der Waals surface area contributed by atoms with Crippen molar-refractivity contribution in [2.45, 2.75) is 32.2 Å². The Balaban J connectivity index is 2.64. The standard InChI is InChI=1S/C9H16ClN3/c1-9(2,11)5-4-7-8(10)12-6-13(7)3/h6H,4-5,11H2,1-3H3. The summed E-state index contributed by atoms with van der Waals surface area (Å²) in [6.45, 7) is 4.02. The Kier molecular flexibility index (Phi) is 2.98. The average Bonchev–Trinajstić information content (AvgIpc) is 2.27. The van der Waals surface area contributed by atoms with E-state index >= 15 is 0 Å². The van der Waals surface area contributed by atoms with Crippen molar-refractivity contribution in [2.24, 2.45) is 12.8 Å². The summed E-state index contributed by atoms with van der Waals surface area (Å²) in [5.41, 5.74) is 6.79. The zero-order valence-corrected chi connectivity index (χ0v) is 9.10. The highest BCUT2D eigenvalue weighted by molar-refractivity contribution is 6.30. The van der Waals surface area contributed by atoms with Crippen LogP contribution >= 0.6 is 11.6 Å². The maximum absolute atomic E-state index is 5.90. The molecular weight excluding hydrogens is 186 g/mol. The molecule has 1 aromatic heterocycles. The Morgan fingerprint density at radius 2 is 2.23 bits per heavy atom. The summed E-state index contributed by atoms with van der Waals surface area (Å²) < 4.78 is 1.94. The topological polar surface area (TPSA) is 43.8 Å². The number of nitrogens with zero attached hydrogens (tertiary/aromatic N) is 2. The lowest BCUT2D eigenvalue weighted by atomic mass is 9.99. The van der Waals surface area contributed by atoms with Crippen molar-refractivity contribution >= 4 is 11.6 Å². The van der Waals surface area contributed by atoms with Gasteiger partial charge in [-0.05, 0) is 26.7 Å². The molecule has 0 aliphatic carbocycles. The van der Waals surface area contributed by atoms with Crippen molar-refractivity contribution in [3.63, 3.8) is 0 Å². The molecule has 4 heteroatoms. The minimum atomic E-state index is -0.145. The van der Waals surface area contributed by atoms with Crippen LogP contribution in [0.1, 0.15) is 26.0 Å². The number of aromatic nitrogens is 2. The summed E-state index contributed by atoms with van der Waals surface area (Å²) in [6.07, 6.45) is 3.51. The Morgan fingerprint density at radius 3 is 2.62 bits per heavy atom. The second-order valence-corrected chi connectivity index (χ2v) is 4.44. The highest BCUT2D eigenvalue weighted by Crippen LogP contribution is 2.17. The number of aryl methyl sites for hydroxylation is 1. The molecular formula is C9H16ClN3. The molecule has 1 rings (SSSR count). The van der Waals surface area contributed by atoms with E-state index in [0.29, 0.717) is 5.15 Å². The zero-order valence-electron chi connectivity index (χ0n) is 8.34. The van der Waals surface area contributed by atoms with Crippen LogP contribution in [0.5, 0.6) is 0 Å². The van der Waals surface area contributed by atoms with Crippen molar-refractivity contribution in [2.75, 3.05) is 0 Å². The molecule has 74 valence electrons. The monoisotopic (exact) mass is 201 g/mol. The number of hydrogen-bond acceptors (Lipinski definition) is 2. The molecule has 3 nitrogen and oxygen atoms in total. The summed E-state index contributed by atoms with van der Waals surface area (Å²) in [5.74, 6) is 0. The molecule has 2 N–H and O–H groups in total. The fraction of sp³-hybridized carbons (Fsp3) is 0.667. The lowest BCUT2D eigenvalue weighted by molar-refractivity contribution is 0.471. The molecule has 0 aliphatic heterocycles. The van der Waals surface area contributed by atoms with Gasteiger partial charge in [0.1, 0.15) is 5.15 Å². The lowest BCUT2D eigenvalue weighted by Crippen LogP contribution is -2.32. The SMILES string of the molecule is Cn1cnc(Cl)c1CCC(C)(C)N. The van der Waals surface area contributed by atoms with Gasteiger partial charge in [-0.25, -0.2) is 4.98 Å². The summed E-state index contributed by atoms with van der Waals surface area (Å²) in [6, 6.07) is 0. The highest BCUT2D eigenvalue weighted by Gasteiger charge is 2.13. The van der Waals surface area contributed by atoms with Crippen LogP contribution in [-0.2, 0) is 13.5 Å². The molecule has 0 aliphatic rings. The first-order valence-electron chi connectivity index (χ1n) is 4.35. The van der Waals surface area contributed by atoms with E-state index in [4.69, 9.17) is 17.3 Å². The van der Waals surface area contributed by atoms with E-state index in [-0.39, 0.29) is 5.54 Å². The first kappa shape index (κ1) is 10.5. The van der Waals surface area contributed by atoms with Gasteiger partial charge in [0.15, 0.2) is 0 Å². The molecule has 0 atom stereocenters. The van der Waals surface area contributed by atoms with Crippen LogP contribution in [0.4, 0.5) is 0 Å². The van der Waals surface area contributed by atoms with E-state index < -0.39 is 0 Å². The van der Waals surface area contributed by atoms with Crippen molar-refractivity contribution in [3.8, 4) is 0 Å². The van der Waals surface area contributed by atoms with E-state index in [1.54, 1.807) is 6.33 Å². The second kappa shape index (κ2) is 3.68. The van der Waals surface area contributed by atoms with Gasteiger partial charge < -0.3 is 10.3 Å². The van der Waals surface area contributed by atoms with E-state index in [9.17, 15) is 0 Å². The van der Waals surface area contributed by atoms with Crippen LogP contribution in [0.3, 0.4) is 0 Å². The molecule has 0 bridgehead atoms. The molecule has 1 heterocycles. The van der Waals surface area contributed by atoms with Crippen molar-refractivity contribution in [1.82, 2.24) is 9.55 Å². The molecule has 0 saturated carbocycles. The maximum Gasteiger partial charge on any atom is 0.150 e. The number of halogens is 1. The Labute approximate surface area is 83.9 Å². The Bertz CT molecular complexity index is 266. The Morgan fingerprint density at radius 1 is 1.62 bits per heavy atom. The molecule has 0 spiro atoms. The predicted octanol–water partition coefficient (Wildman–Crippen LogP) is 1.74. The molecule has 0 unspecified atom stereocenters. The van der Waals surface area contributed by atoms with Gasteiger partial charge in [-0.1, -0.05) is 11.6 Å². The molecule has 0 aromatic carbocycles. The van der Waals surface area contributed by atoms with Gasteiger partial charge in [0.25, 0.3) is 0 Å². The van der Waals surface area contributed by atoms with Crippen LogP contribution in [0.15, 0.2) is 6.33 Å².